The lowest BCUT2D eigenvalue weighted by molar-refractivity contribution is -0.0164. The molecule has 0 aliphatic heterocycles. The first-order valence-corrected chi connectivity index (χ1v) is 4.93. The molecule has 5 fully saturated rings. The van der Waals surface area contributed by atoms with E-state index < -0.39 is 0 Å². The summed E-state index contributed by atoms with van der Waals surface area (Å²) in [6, 6.07) is 0. The van der Waals surface area contributed by atoms with Crippen molar-refractivity contribution < 1.29 is 0 Å². The summed E-state index contributed by atoms with van der Waals surface area (Å²) in [7, 11) is 0. The predicted molar refractivity (Wildman–Crippen MR) is 41.7 cm³/mol. The standard InChI is InChI=1S/C10H16/c1-2-8-6-9-3-4-10(8)5-7(1)9/h7-10H,1-6H2/t7-,8-,9-,10-/m0/s1. The van der Waals surface area contributed by atoms with Crippen LogP contribution in [-0.2, 0) is 0 Å². The second kappa shape index (κ2) is 1.78. The van der Waals surface area contributed by atoms with Gasteiger partial charge in [-0.3, -0.25) is 0 Å². The van der Waals surface area contributed by atoms with Crippen LogP contribution in [0.1, 0.15) is 38.5 Å². The predicted octanol–water partition coefficient (Wildman–Crippen LogP) is 2.83. The number of rotatable bonds is 0. The molecule has 5 aliphatic carbocycles. The minimum Gasteiger partial charge on any atom is -0.0499 e. The van der Waals surface area contributed by atoms with Crippen molar-refractivity contribution in [1.82, 2.24) is 0 Å². The lowest BCUT2D eigenvalue weighted by atomic mass is 9.53. The summed E-state index contributed by atoms with van der Waals surface area (Å²) >= 11 is 0. The molecule has 0 aromatic rings. The van der Waals surface area contributed by atoms with Crippen LogP contribution < -0.4 is 0 Å². The summed E-state index contributed by atoms with van der Waals surface area (Å²) in [4.78, 5) is 0. The van der Waals surface area contributed by atoms with E-state index in [0.29, 0.717) is 0 Å². The van der Waals surface area contributed by atoms with Gasteiger partial charge in [-0.05, 0) is 62.2 Å². The van der Waals surface area contributed by atoms with Crippen LogP contribution in [0.25, 0.3) is 0 Å². The van der Waals surface area contributed by atoms with E-state index in [4.69, 9.17) is 0 Å². The van der Waals surface area contributed by atoms with Gasteiger partial charge in [-0.1, -0.05) is 0 Å². The van der Waals surface area contributed by atoms with Crippen LogP contribution in [-0.4, -0.2) is 0 Å². The number of hydrogen-bond acceptors (Lipinski definition) is 0. The highest BCUT2D eigenvalue weighted by Gasteiger charge is 2.44. The van der Waals surface area contributed by atoms with E-state index in [1.807, 2.05) is 0 Å². The molecule has 0 unspecified atom stereocenters. The fourth-order valence-electron chi connectivity index (χ4n) is 3.82. The Labute approximate surface area is 63.0 Å². The Morgan fingerprint density at radius 1 is 0.500 bits per heavy atom. The van der Waals surface area contributed by atoms with Crippen molar-refractivity contribution in [2.75, 3.05) is 0 Å². The second-order valence-electron chi connectivity index (χ2n) is 4.67. The topological polar surface area (TPSA) is 0 Å². The molecule has 5 rings (SSSR count). The van der Waals surface area contributed by atoms with E-state index in [1.165, 1.54) is 23.7 Å². The van der Waals surface area contributed by atoms with Crippen molar-refractivity contribution in [2.24, 2.45) is 23.7 Å². The summed E-state index contributed by atoms with van der Waals surface area (Å²) in [5.41, 5.74) is 0. The van der Waals surface area contributed by atoms with Crippen molar-refractivity contribution in [3.05, 3.63) is 0 Å². The van der Waals surface area contributed by atoms with Gasteiger partial charge in [0.05, 0.1) is 0 Å². The summed E-state index contributed by atoms with van der Waals surface area (Å²) in [6.07, 6.45) is 9.60. The van der Waals surface area contributed by atoms with Gasteiger partial charge in [0.1, 0.15) is 0 Å². The Balaban J connectivity index is 1.94. The monoisotopic (exact) mass is 136 g/mol. The van der Waals surface area contributed by atoms with Gasteiger partial charge in [-0.15, -0.1) is 0 Å². The molecule has 0 nitrogen and oxygen atoms in total. The van der Waals surface area contributed by atoms with Crippen molar-refractivity contribution in [3.8, 4) is 0 Å². The second-order valence-corrected chi connectivity index (χ2v) is 4.67. The van der Waals surface area contributed by atoms with Crippen LogP contribution >= 0.6 is 0 Å². The van der Waals surface area contributed by atoms with E-state index in [-0.39, 0.29) is 0 Å². The van der Waals surface area contributed by atoms with Gasteiger partial charge in [0, 0.05) is 0 Å². The molecule has 10 heavy (non-hydrogen) atoms. The highest BCUT2D eigenvalue weighted by Crippen LogP contribution is 2.55. The van der Waals surface area contributed by atoms with Crippen molar-refractivity contribution in [2.45, 2.75) is 38.5 Å². The summed E-state index contributed by atoms with van der Waals surface area (Å²) in [5.74, 6) is 4.74. The van der Waals surface area contributed by atoms with Crippen LogP contribution in [0.5, 0.6) is 0 Å². The third-order valence-corrected chi connectivity index (χ3v) is 4.36. The molecular weight excluding hydrogens is 120 g/mol. The van der Waals surface area contributed by atoms with E-state index in [2.05, 4.69) is 0 Å². The number of hydrogen-bond donors (Lipinski definition) is 0. The summed E-state index contributed by atoms with van der Waals surface area (Å²) < 4.78 is 0. The Hall–Kier alpha value is 0. The van der Waals surface area contributed by atoms with Gasteiger partial charge in [0.15, 0.2) is 0 Å². The zero-order chi connectivity index (χ0) is 6.55. The molecule has 0 aromatic heterocycles. The van der Waals surface area contributed by atoms with Crippen LogP contribution in [0.3, 0.4) is 0 Å². The molecular formula is C10H16. The first-order valence-electron chi connectivity index (χ1n) is 4.93. The Bertz CT molecular complexity index is 116. The molecule has 0 aromatic carbocycles. The molecule has 5 aliphatic rings. The molecule has 0 radical (unpaired) electrons. The van der Waals surface area contributed by atoms with Crippen LogP contribution in [0.2, 0.25) is 0 Å². The maximum absolute atomic E-state index is 1.62. The number of fused-ring (bicyclic) bond motifs is 2. The average Bonchev–Trinajstić information content (AvgIpc) is 2.05. The Morgan fingerprint density at radius 2 is 0.800 bits per heavy atom. The fraction of sp³-hybridized carbons (Fsp3) is 1.00. The SMILES string of the molecule is C1C[C@H]2C[C@@H]3CC[C@H]2C[C@H]13. The molecule has 0 N–H and O–H groups in total. The largest absolute Gasteiger partial charge is 0.0499 e. The highest BCUT2D eigenvalue weighted by atomic mass is 14.5. The Kier molecular flexibility index (Phi) is 1.00. The molecule has 0 saturated heterocycles. The first-order chi connectivity index (χ1) is 4.93. The van der Waals surface area contributed by atoms with Gasteiger partial charge in [0.25, 0.3) is 0 Å². The van der Waals surface area contributed by atoms with E-state index in [1.54, 1.807) is 38.5 Å². The molecule has 0 amide bonds. The summed E-state index contributed by atoms with van der Waals surface area (Å²) in [5, 5.41) is 0. The minimum absolute atomic E-state index is 1.18. The Morgan fingerprint density at radius 3 is 1.00 bits per heavy atom. The third kappa shape index (κ3) is 0.580. The van der Waals surface area contributed by atoms with Crippen molar-refractivity contribution in [3.63, 3.8) is 0 Å². The first kappa shape index (κ1) is 5.62. The lowest BCUT2D eigenvalue weighted by Crippen LogP contribution is -2.42. The van der Waals surface area contributed by atoms with Gasteiger partial charge in [-0.2, -0.15) is 0 Å². The molecule has 0 heteroatoms. The van der Waals surface area contributed by atoms with Crippen LogP contribution in [0.15, 0.2) is 0 Å². The molecule has 4 atom stereocenters. The van der Waals surface area contributed by atoms with E-state index in [0.717, 1.165) is 0 Å². The fourth-order valence-corrected chi connectivity index (χ4v) is 3.82. The van der Waals surface area contributed by atoms with E-state index in [9.17, 15) is 0 Å². The normalized spacial score (nSPS) is 57.6. The van der Waals surface area contributed by atoms with Gasteiger partial charge in [-0.25, -0.2) is 0 Å². The quantitative estimate of drug-likeness (QED) is 0.480. The highest BCUT2D eigenvalue weighted by molar-refractivity contribution is 4.95. The van der Waals surface area contributed by atoms with Crippen LogP contribution in [0, 0.1) is 23.7 Å². The lowest BCUT2D eigenvalue weighted by Gasteiger charge is -2.52. The van der Waals surface area contributed by atoms with Crippen LogP contribution in [0.4, 0.5) is 0 Å². The maximum Gasteiger partial charge on any atom is -0.0383 e. The third-order valence-electron chi connectivity index (χ3n) is 4.36. The summed E-state index contributed by atoms with van der Waals surface area (Å²) in [6.45, 7) is 0. The maximum atomic E-state index is 1.62. The van der Waals surface area contributed by atoms with Crippen molar-refractivity contribution in [1.29, 1.82) is 0 Å². The average molecular weight is 136 g/mol. The minimum atomic E-state index is 1.18. The van der Waals surface area contributed by atoms with E-state index >= 15 is 0 Å². The van der Waals surface area contributed by atoms with Gasteiger partial charge < -0.3 is 0 Å². The molecule has 4 bridgehead atoms. The molecule has 0 heterocycles. The molecule has 56 valence electrons. The smallest absolute Gasteiger partial charge is 0.0383 e. The molecule has 5 saturated carbocycles. The molecule has 0 spiro atoms. The van der Waals surface area contributed by atoms with Crippen molar-refractivity contribution >= 4 is 0 Å². The van der Waals surface area contributed by atoms with Gasteiger partial charge in [0.2, 0.25) is 0 Å². The zero-order valence-electron chi connectivity index (χ0n) is 6.55. The van der Waals surface area contributed by atoms with Gasteiger partial charge >= 0.3 is 0 Å². The zero-order valence-corrected chi connectivity index (χ0v) is 6.55.